The van der Waals surface area contributed by atoms with Crippen molar-refractivity contribution in [2.75, 3.05) is 0 Å². The summed E-state index contributed by atoms with van der Waals surface area (Å²) in [5.41, 5.74) is 1.30. The van der Waals surface area contributed by atoms with Crippen LogP contribution in [-0.2, 0) is 0 Å². The summed E-state index contributed by atoms with van der Waals surface area (Å²) in [6.45, 7) is 2.08. The van der Waals surface area contributed by atoms with E-state index in [1.807, 2.05) is 0 Å². The highest BCUT2D eigenvalue weighted by Crippen LogP contribution is 1.92. The lowest BCUT2D eigenvalue weighted by molar-refractivity contribution is 1.49. The van der Waals surface area contributed by atoms with E-state index in [1.54, 1.807) is 0 Å². The van der Waals surface area contributed by atoms with Crippen LogP contribution in [0.25, 0.3) is 0 Å². The van der Waals surface area contributed by atoms with Crippen molar-refractivity contribution in [3.8, 4) is 0 Å². The molecule has 0 nitrogen and oxygen atoms in total. The quantitative estimate of drug-likeness (QED) is 0.545. The molecule has 0 saturated carbocycles. The first-order valence-electron chi connectivity index (χ1n) is 2.94. The van der Waals surface area contributed by atoms with Crippen LogP contribution in [-0.4, -0.2) is 19.3 Å². The van der Waals surface area contributed by atoms with Gasteiger partial charge in [-0.3, -0.25) is 0 Å². The number of hydrogen-bond donors (Lipinski definition) is 0. The molecule has 10 heavy (non-hydrogen) atoms. The van der Waals surface area contributed by atoms with Crippen molar-refractivity contribution < 1.29 is 0 Å². The van der Waals surface area contributed by atoms with Gasteiger partial charge in [-0.1, -0.05) is 29.8 Å². The maximum absolute atomic E-state index is 5.72. The Morgan fingerprint density at radius 1 is 1.20 bits per heavy atom. The van der Waals surface area contributed by atoms with E-state index in [1.165, 1.54) is 9.26 Å². The number of halogens is 2. The molecule has 0 unspecified atom stereocenters. The third-order valence-corrected chi connectivity index (χ3v) is 2.98. The summed E-state index contributed by atoms with van der Waals surface area (Å²) in [6, 6.07) is 8.42. The van der Waals surface area contributed by atoms with Crippen LogP contribution in [0.5, 0.6) is 0 Å². The van der Waals surface area contributed by atoms with Crippen LogP contribution < -0.4 is 3.69 Å². The van der Waals surface area contributed by atoms with Gasteiger partial charge in [-0.25, -0.2) is 0 Å². The predicted molar refractivity (Wildman–Crippen MR) is 57.8 cm³/mol. The van der Waals surface area contributed by atoms with Gasteiger partial charge in [-0.15, -0.1) is 27.7 Å². The van der Waals surface area contributed by atoms with E-state index >= 15 is 0 Å². The first kappa shape index (κ1) is 11.0. The Morgan fingerprint density at radius 2 is 1.70 bits per heavy atom. The number of aryl methyl sites for hydroxylation is 1. The van der Waals surface area contributed by atoms with Crippen LogP contribution in [0.1, 0.15) is 5.56 Å². The molecule has 0 amide bonds. The first-order valence-corrected chi connectivity index (χ1v) is 5.79. The minimum absolute atomic E-state index is 0. The van der Waals surface area contributed by atoms with Crippen LogP contribution in [0.3, 0.4) is 0 Å². The highest BCUT2D eigenvalue weighted by molar-refractivity contribution is 14.0. The average Bonchev–Trinajstić information content (AvgIpc) is 1.90. The molecule has 0 N–H and O–H groups in total. The van der Waals surface area contributed by atoms with Crippen molar-refractivity contribution in [3.63, 3.8) is 0 Å². The van der Waals surface area contributed by atoms with Gasteiger partial charge >= 0.3 is 19.3 Å². The summed E-state index contributed by atoms with van der Waals surface area (Å²) >= 11 is -0.453. The van der Waals surface area contributed by atoms with E-state index in [0.29, 0.717) is 0 Å². The molecule has 1 aromatic rings. The van der Waals surface area contributed by atoms with Gasteiger partial charge in [0.25, 0.3) is 0 Å². The lowest BCUT2D eigenvalue weighted by atomic mass is 10.2. The van der Waals surface area contributed by atoms with Crippen LogP contribution in [0.4, 0.5) is 0 Å². The molecule has 0 spiro atoms. The van der Waals surface area contributed by atoms with E-state index in [4.69, 9.17) is 9.07 Å². The Kier molecular flexibility index (Phi) is 6.20. The largest absolute Gasteiger partial charge is 0.538 e. The zero-order valence-corrected chi connectivity index (χ0v) is 10.3. The summed E-state index contributed by atoms with van der Waals surface area (Å²) < 4.78 is 1.32. The second-order valence-corrected chi connectivity index (χ2v) is 4.00. The SMILES string of the molecule is Cc1cc[c]([Mg][Cl])cc1.I. The number of rotatable bonds is 1. The van der Waals surface area contributed by atoms with E-state index in [0.717, 1.165) is 0 Å². The molecule has 0 radical (unpaired) electrons. The van der Waals surface area contributed by atoms with Gasteiger partial charge < -0.3 is 9.07 Å². The van der Waals surface area contributed by atoms with Gasteiger partial charge in [0.2, 0.25) is 0 Å². The van der Waals surface area contributed by atoms with Crippen molar-refractivity contribution in [2.24, 2.45) is 0 Å². The molecule has 0 aliphatic carbocycles. The summed E-state index contributed by atoms with van der Waals surface area (Å²) in [4.78, 5) is 0. The van der Waals surface area contributed by atoms with E-state index in [-0.39, 0.29) is 24.0 Å². The Hall–Kier alpha value is 1.01. The molecule has 0 aromatic heterocycles. The second kappa shape index (κ2) is 5.63. The summed E-state index contributed by atoms with van der Waals surface area (Å²) in [7, 11) is 5.72. The molecule has 52 valence electrons. The van der Waals surface area contributed by atoms with Crippen molar-refractivity contribution >= 4 is 56.0 Å². The van der Waals surface area contributed by atoms with Gasteiger partial charge in [0.05, 0.1) is 0 Å². The van der Waals surface area contributed by atoms with E-state index in [9.17, 15) is 0 Å². The van der Waals surface area contributed by atoms with Gasteiger partial charge in [-0.05, 0) is 6.92 Å². The van der Waals surface area contributed by atoms with Gasteiger partial charge in [0.15, 0.2) is 0 Å². The Morgan fingerprint density at radius 3 is 2.10 bits per heavy atom. The highest BCUT2D eigenvalue weighted by atomic mass is 127. The number of hydrogen-bond acceptors (Lipinski definition) is 0. The molecule has 0 atom stereocenters. The lowest BCUT2D eigenvalue weighted by Gasteiger charge is -1.93. The Balaban J connectivity index is 0.000000810. The topological polar surface area (TPSA) is 0 Å². The number of benzene rings is 1. The van der Waals surface area contributed by atoms with Crippen molar-refractivity contribution in [2.45, 2.75) is 6.92 Å². The molecular weight excluding hydrogens is 271 g/mol. The Bertz CT molecular complexity index is 185. The zero-order chi connectivity index (χ0) is 6.69. The van der Waals surface area contributed by atoms with Crippen molar-refractivity contribution in [3.05, 3.63) is 29.8 Å². The second-order valence-electron chi connectivity index (χ2n) is 2.12. The normalized spacial score (nSPS) is 7.80. The van der Waals surface area contributed by atoms with Crippen LogP contribution in [0, 0.1) is 6.92 Å². The van der Waals surface area contributed by atoms with Crippen LogP contribution in [0.2, 0.25) is 0 Å². The van der Waals surface area contributed by atoms with Crippen molar-refractivity contribution in [1.29, 1.82) is 0 Å². The minimum Gasteiger partial charge on any atom is -0.336 e. The fraction of sp³-hybridized carbons (Fsp3) is 0.143. The van der Waals surface area contributed by atoms with Crippen LogP contribution in [0.15, 0.2) is 24.3 Å². The van der Waals surface area contributed by atoms with E-state index in [2.05, 4.69) is 31.2 Å². The monoisotopic (exact) mass is 278 g/mol. The maximum Gasteiger partial charge on any atom is 0.538 e. The van der Waals surface area contributed by atoms with Gasteiger partial charge in [0.1, 0.15) is 0 Å². The van der Waals surface area contributed by atoms with Crippen molar-refractivity contribution in [1.82, 2.24) is 0 Å². The third-order valence-electron chi connectivity index (χ3n) is 1.27. The van der Waals surface area contributed by atoms with Crippen LogP contribution >= 0.6 is 33.0 Å². The molecule has 0 heterocycles. The molecule has 0 fully saturated rings. The predicted octanol–water partition coefficient (Wildman–Crippen LogP) is 2.10. The summed E-state index contributed by atoms with van der Waals surface area (Å²) in [6.07, 6.45) is 0. The maximum atomic E-state index is 5.72. The molecule has 0 bridgehead atoms. The molecule has 0 aliphatic rings. The average molecular weight is 279 g/mol. The first-order chi connectivity index (χ1) is 4.33. The van der Waals surface area contributed by atoms with Gasteiger partial charge in [-0.2, -0.15) is 0 Å². The zero-order valence-electron chi connectivity index (χ0n) is 5.80. The standard InChI is InChI=1S/C7H7.ClH.HI.Mg/c1-7-5-3-2-4-6-7;;;/h3-6H,1H3;2*1H;/q;;;+1/p-1. The Labute approximate surface area is 91.9 Å². The molecule has 3 heteroatoms. The van der Waals surface area contributed by atoms with Gasteiger partial charge in [0, 0.05) is 0 Å². The molecular formula is C7H8ClIMg. The fourth-order valence-corrected chi connectivity index (χ4v) is 1.63. The smallest absolute Gasteiger partial charge is 0.336 e. The molecule has 0 aliphatic heterocycles. The molecule has 1 rings (SSSR count). The summed E-state index contributed by atoms with van der Waals surface area (Å²) in [5, 5.41) is 0. The fourth-order valence-electron chi connectivity index (χ4n) is 0.677. The van der Waals surface area contributed by atoms with E-state index < -0.39 is 19.3 Å². The molecule has 0 saturated heterocycles. The highest BCUT2D eigenvalue weighted by Gasteiger charge is 1.92. The summed E-state index contributed by atoms with van der Waals surface area (Å²) in [5.74, 6) is 0. The molecule has 1 aromatic carbocycles. The third kappa shape index (κ3) is 3.41. The lowest BCUT2D eigenvalue weighted by Crippen LogP contribution is -2.06. The minimum atomic E-state index is -0.453.